The standard InChI is InChI=1S/C23H26N4OS/c1-2-17-11-12-20(29-17)18-13-19(26-23(28)21(18)22(24)27-25)16-9-7-15(8-10-16)6-5-14-3-4-14/h7-14H,2-6,25H2,1H3,(H2,24,27)(H,26,28). The first-order valence-corrected chi connectivity index (χ1v) is 10.9. The molecule has 4 rings (SSSR count). The summed E-state index contributed by atoms with van der Waals surface area (Å²) in [6.07, 6.45) is 6.09. The van der Waals surface area contributed by atoms with Crippen molar-refractivity contribution < 1.29 is 0 Å². The van der Waals surface area contributed by atoms with Crippen LogP contribution in [-0.4, -0.2) is 10.8 Å². The first-order chi connectivity index (χ1) is 14.1. The Hall–Kier alpha value is -2.86. The van der Waals surface area contributed by atoms with Gasteiger partial charge in [-0.25, -0.2) is 0 Å². The number of nitrogens with zero attached hydrogens (tertiary/aromatic N) is 1. The summed E-state index contributed by atoms with van der Waals surface area (Å²) in [6.45, 7) is 2.11. The Balaban J connectivity index is 1.73. The van der Waals surface area contributed by atoms with Crippen molar-refractivity contribution in [3.8, 4) is 21.7 Å². The Bertz CT molecular complexity index is 1090. The number of aryl methyl sites for hydroxylation is 2. The number of hydrazone groups is 1. The maximum Gasteiger partial charge on any atom is 0.260 e. The number of H-pyrrole nitrogens is 1. The smallest absolute Gasteiger partial charge is 0.260 e. The van der Waals surface area contributed by atoms with Crippen LogP contribution in [0.3, 0.4) is 0 Å². The molecule has 0 aliphatic heterocycles. The third kappa shape index (κ3) is 4.27. The molecule has 0 bridgehead atoms. The van der Waals surface area contributed by atoms with Crippen molar-refractivity contribution in [1.82, 2.24) is 4.98 Å². The molecule has 0 saturated heterocycles. The third-order valence-corrected chi connectivity index (χ3v) is 6.77. The molecule has 1 aliphatic carbocycles. The molecule has 5 nitrogen and oxygen atoms in total. The minimum absolute atomic E-state index is 0.0367. The van der Waals surface area contributed by atoms with E-state index in [0.29, 0.717) is 5.56 Å². The molecule has 0 radical (unpaired) electrons. The lowest BCUT2D eigenvalue weighted by Gasteiger charge is -2.10. The molecular formula is C23H26N4OS. The van der Waals surface area contributed by atoms with Gasteiger partial charge >= 0.3 is 0 Å². The summed E-state index contributed by atoms with van der Waals surface area (Å²) in [5, 5.41) is 3.57. The molecule has 0 atom stereocenters. The molecule has 0 spiro atoms. The monoisotopic (exact) mass is 406 g/mol. The summed E-state index contributed by atoms with van der Waals surface area (Å²) in [6, 6.07) is 14.5. The molecular weight excluding hydrogens is 380 g/mol. The molecule has 1 fully saturated rings. The lowest BCUT2D eigenvalue weighted by molar-refractivity contribution is 0.727. The Morgan fingerprint density at radius 2 is 1.97 bits per heavy atom. The molecule has 0 amide bonds. The molecule has 0 unspecified atom stereocenters. The van der Waals surface area contributed by atoms with Gasteiger partial charge in [-0.3, -0.25) is 4.79 Å². The highest BCUT2D eigenvalue weighted by atomic mass is 32.1. The maximum atomic E-state index is 12.9. The van der Waals surface area contributed by atoms with Crippen LogP contribution in [-0.2, 0) is 12.8 Å². The zero-order chi connectivity index (χ0) is 20.4. The van der Waals surface area contributed by atoms with E-state index in [0.717, 1.165) is 40.5 Å². The van der Waals surface area contributed by atoms with E-state index in [9.17, 15) is 4.79 Å². The second-order valence-corrected chi connectivity index (χ2v) is 8.78. The average molecular weight is 407 g/mol. The van der Waals surface area contributed by atoms with E-state index in [4.69, 9.17) is 11.6 Å². The summed E-state index contributed by atoms with van der Waals surface area (Å²) >= 11 is 1.65. The third-order valence-electron chi connectivity index (χ3n) is 5.51. The van der Waals surface area contributed by atoms with Crippen molar-refractivity contribution in [3.05, 3.63) is 68.8 Å². The topological polar surface area (TPSA) is 97.3 Å². The van der Waals surface area contributed by atoms with Gasteiger partial charge < -0.3 is 16.6 Å². The number of amidine groups is 1. The van der Waals surface area contributed by atoms with Gasteiger partial charge in [-0.05, 0) is 54.5 Å². The minimum atomic E-state index is -0.284. The SMILES string of the molecule is CCc1ccc(-c2cc(-c3ccc(CCC4CC4)cc3)[nH]c(=O)c2/C(N)=N/N)s1. The molecule has 1 saturated carbocycles. The largest absolute Gasteiger partial charge is 0.382 e. The quantitative estimate of drug-likeness (QED) is 0.237. The molecule has 2 heterocycles. The highest BCUT2D eigenvalue weighted by Crippen LogP contribution is 2.34. The molecule has 1 aromatic carbocycles. The summed E-state index contributed by atoms with van der Waals surface area (Å²) in [7, 11) is 0. The second kappa shape index (κ2) is 8.25. The van der Waals surface area contributed by atoms with Crippen molar-refractivity contribution in [2.24, 2.45) is 22.6 Å². The molecule has 1 aliphatic rings. The number of aromatic nitrogens is 1. The van der Waals surface area contributed by atoms with Crippen LogP contribution in [0.5, 0.6) is 0 Å². The zero-order valence-corrected chi connectivity index (χ0v) is 17.4. The Morgan fingerprint density at radius 3 is 2.59 bits per heavy atom. The van der Waals surface area contributed by atoms with Gasteiger partial charge in [-0.1, -0.05) is 44.0 Å². The normalized spacial score (nSPS) is 14.3. The summed E-state index contributed by atoms with van der Waals surface area (Å²) in [4.78, 5) is 18.0. The second-order valence-electron chi connectivity index (χ2n) is 7.61. The number of hydrogen-bond donors (Lipinski definition) is 3. The van der Waals surface area contributed by atoms with Crippen LogP contribution < -0.4 is 17.1 Å². The van der Waals surface area contributed by atoms with Gasteiger partial charge in [0.15, 0.2) is 5.84 Å². The first-order valence-electron chi connectivity index (χ1n) is 10.1. The van der Waals surface area contributed by atoms with Crippen LogP contribution in [0.25, 0.3) is 21.7 Å². The summed E-state index contributed by atoms with van der Waals surface area (Å²) in [5.41, 5.74) is 9.83. The molecule has 29 heavy (non-hydrogen) atoms. The van der Waals surface area contributed by atoms with Gasteiger partial charge in [-0.2, -0.15) is 5.10 Å². The molecule has 5 N–H and O–H groups in total. The van der Waals surface area contributed by atoms with E-state index in [2.05, 4.69) is 47.3 Å². The number of aromatic amines is 1. The summed E-state index contributed by atoms with van der Waals surface area (Å²) < 4.78 is 0. The van der Waals surface area contributed by atoms with E-state index < -0.39 is 0 Å². The Kier molecular flexibility index (Phi) is 5.53. The summed E-state index contributed by atoms with van der Waals surface area (Å²) in [5.74, 6) is 6.35. The van der Waals surface area contributed by atoms with Gasteiger partial charge in [0.1, 0.15) is 0 Å². The number of hydrogen-bond acceptors (Lipinski definition) is 4. The van der Waals surface area contributed by atoms with E-state index in [1.807, 2.05) is 12.1 Å². The Labute approximate surface area is 174 Å². The molecule has 150 valence electrons. The first kappa shape index (κ1) is 19.5. The van der Waals surface area contributed by atoms with Crippen molar-refractivity contribution in [1.29, 1.82) is 0 Å². The Morgan fingerprint density at radius 1 is 1.21 bits per heavy atom. The van der Waals surface area contributed by atoms with Gasteiger partial charge in [0.05, 0.1) is 5.56 Å². The zero-order valence-electron chi connectivity index (χ0n) is 16.6. The van der Waals surface area contributed by atoms with Gasteiger partial charge in [0, 0.05) is 21.0 Å². The van der Waals surface area contributed by atoms with E-state index >= 15 is 0 Å². The minimum Gasteiger partial charge on any atom is -0.382 e. The van der Waals surface area contributed by atoms with Crippen LogP contribution in [0.15, 0.2) is 52.4 Å². The van der Waals surface area contributed by atoms with Crippen molar-refractivity contribution in [2.75, 3.05) is 0 Å². The van der Waals surface area contributed by atoms with Gasteiger partial charge in [-0.15, -0.1) is 11.3 Å². The highest BCUT2D eigenvalue weighted by molar-refractivity contribution is 7.15. The predicted molar refractivity (Wildman–Crippen MR) is 121 cm³/mol. The lowest BCUT2D eigenvalue weighted by Crippen LogP contribution is -2.27. The number of nitrogens with two attached hydrogens (primary N) is 2. The fourth-order valence-electron chi connectivity index (χ4n) is 3.57. The maximum absolute atomic E-state index is 12.9. The van der Waals surface area contributed by atoms with E-state index in [1.165, 1.54) is 29.7 Å². The van der Waals surface area contributed by atoms with Crippen molar-refractivity contribution >= 4 is 17.2 Å². The number of nitrogens with one attached hydrogen (secondary N) is 1. The van der Waals surface area contributed by atoms with Crippen LogP contribution in [0.2, 0.25) is 0 Å². The van der Waals surface area contributed by atoms with Crippen molar-refractivity contribution in [3.63, 3.8) is 0 Å². The number of rotatable bonds is 7. The van der Waals surface area contributed by atoms with Crippen LogP contribution >= 0.6 is 11.3 Å². The fraction of sp³-hybridized carbons (Fsp3) is 0.304. The number of benzene rings is 1. The fourth-order valence-corrected chi connectivity index (χ4v) is 4.54. The van der Waals surface area contributed by atoms with Crippen LogP contribution in [0.4, 0.5) is 0 Å². The lowest BCUT2D eigenvalue weighted by atomic mass is 10.0. The van der Waals surface area contributed by atoms with Crippen LogP contribution in [0.1, 0.15) is 42.2 Å². The van der Waals surface area contributed by atoms with E-state index in [-0.39, 0.29) is 11.4 Å². The van der Waals surface area contributed by atoms with E-state index in [1.54, 1.807) is 11.3 Å². The van der Waals surface area contributed by atoms with Gasteiger partial charge in [0.2, 0.25) is 0 Å². The highest BCUT2D eigenvalue weighted by Gasteiger charge is 2.20. The van der Waals surface area contributed by atoms with Crippen molar-refractivity contribution in [2.45, 2.75) is 39.0 Å². The number of thiophene rings is 1. The average Bonchev–Trinajstić information content (AvgIpc) is 3.45. The van der Waals surface area contributed by atoms with Crippen LogP contribution in [0, 0.1) is 5.92 Å². The molecule has 3 aromatic rings. The number of pyridine rings is 1. The molecule has 2 aromatic heterocycles. The van der Waals surface area contributed by atoms with Gasteiger partial charge in [0.25, 0.3) is 5.56 Å². The molecule has 6 heteroatoms. The predicted octanol–water partition coefficient (Wildman–Crippen LogP) is 4.25.